The number of carbonyl (C=O) groups is 1. The Morgan fingerprint density at radius 2 is 2.00 bits per heavy atom. The lowest BCUT2D eigenvalue weighted by atomic mass is 10.0. The highest BCUT2D eigenvalue weighted by molar-refractivity contribution is 9.10. The van der Waals surface area contributed by atoms with Crippen molar-refractivity contribution in [3.8, 4) is 0 Å². The lowest BCUT2D eigenvalue weighted by Gasteiger charge is -2.35. The van der Waals surface area contributed by atoms with Crippen molar-refractivity contribution in [3.63, 3.8) is 0 Å². The second-order valence-electron chi connectivity index (χ2n) is 6.27. The van der Waals surface area contributed by atoms with Gasteiger partial charge in [-0.25, -0.2) is 8.78 Å². The monoisotopic (exact) mass is 439 g/mol. The summed E-state index contributed by atoms with van der Waals surface area (Å²) in [5, 5.41) is 3.12. The van der Waals surface area contributed by atoms with Gasteiger partial charge in [0, 0.05) is 24.1 Å². The average Bonchev–Trinajstić information content (AvgIpc) is 2.62. The zero-order valence-electron chi connectivity index (χ0n) is 14.6. The van der Waals surface area contributed by atoms with Gasteiger partial charge in [0.1, 0.15) is 11.6 Å². The van der Waals surface area contributed by atoms with E-state index in [-0.39, 0.29) is 17.4 Å². The van der Waals surface area contributed by atoms with Gasteiger partial charge in [0.05, 0.1) is 30.5 Å². The van der Waals surface area contributed by atoms with E-state index in [9.17, 15) is 13.6 Å². The number of ether oxygens (including phenoxy) is 1. The molecule has 3 rings (SSSR count). The van der Waals surface area contributed by atoms with Crippen molar-refractivity contribution in [1.82, 2.24) is 4.90 Å². The predicted molar refractivity (Wildman–Crippen MR) is 103 cm³/mol. The fraction of sp³-hybridized carbons (Fsp3) is 0.316. The van der Waals surface area contributed by atoms with Crippen LogP contribution in [0.4, 0.5) is 14.5 Å². The molecule has 1 amide bonds. The molecule has 0 spiro atoms. The number of carbonyl (C=O) groups excluding carboxylic acids is 1. The summed E-state index contributed by atoms with van der Waals surface area (Å²) in [5.74, 6) is -1.87. The molecule has 0 aromatic heterocycles. The fourth-order valence-electron chi connectivity index (χ4n) is 3.23. The minimum atomic E-state index is -0.851. The van der Waals surface area contributed by atoms with Crippen LogP contribution in [0.2, 0.25) is 0 Å². The maximum atomic E-state index is 14.2. The molecule has 144 valence electrons. The zero-order chi connectivity index (χ0) is 19.4. The first kappa shape index (κ1) is 19.7. The van der Waals surface area contributed by atoms with Crippen LogP contribution in [0.5, 0.6) is 0 Å². The molecule has 1 heterocycles. The Bertz CT molecular complexity index is 829. The van der Waals surface area contributed by atoms with Crippen molar-refractivity contribution in [2.75, 3.05) is 38.2 Å². The maximum Gasteiger partial charge on any atom is 0.253 e. The second kappa shape index (κ2) is 8.77. The molecule has 0 radical (unpaired) electrons. The Labute approximate surface area is 164 Å². The molecule has 0 aliphatic carbocycles. The third kappa shape index (κ3) is 4.82. The summed E-state index contributed by atoms with van der Waals surface area (Å²) in [4.78, 5) is 13.8. The molecule has 0 saturated carbocycles. The standard InChI is InChI=1S/C19H20BrF2N3O2/c20-13-9-15(22)18(19(23)26)16(10-13)24-11-17(25-4-6-27-7-5-25)12-2-1-3-14(21)8-12/h1-3,8-10,17,24H,4-7,11H2,(H2,23,26). The average molecular weight is 440 g/mol. The Balaban J connectivity index is 1.88. The number of nitrogens with one attached hydrogen (secondary N) is 1. The van der Waals surface area contributed by atoms with E-state index in [1.54, 1.807) is 12.1 Å². The first-order valence-corrected chi connectivity index (χ1v) is 9.35. The van der Waals surface area contributed by atoms with E-state index < -0.39 is 11.7 Å². The number of nitrogens with zero attached hydrogens (tertiary/aromatic N) is 1. The van der Waals surface area contributed by atoms with Crippen molar-refractivity contribution in [3.05, 3.63) is 63.6 Å². The molecule has 5 nitrogen and oxygen atoms in total. The first-order chi connectivity index (χ1) is 13.0. The molecule has 2 aromatic carbocycles. The van der Waals surface area contributed by atoms with E-state index in [0.29, 0.717) is 43.0 Å². The maximum absolute atomic E-state index is 14.2. The molecule has 1 saturated heterocycles. The van der Waals surface area contributed by atoms with E-state index in [2.05, 4.69) is 26.1 Å². The summed E-state index contributed by atoms with van der Waals surface area (Å²) in [7, 11) is 0. The normalized spacial score (nSPS) is 16.1. The van der Waals surface area contributed by atoms with Gasteiger partial charge >= 0.3 is 0 Å². The Hall–Kier alpha value is -2.03. The molecule has 27 heavy (non-hydrogen) atoms. The van der Waals surface area contributed by atoms with Crippen molar-refractivity contribution < 1.29 is 18.3 Å². The SMILES string of the molecule is NC(=O)c1c(F)cc(Br)cc1NCC(c1cccc(F)c1)N1CCOCC1. The van der Waals surface area contributed by atoms with Crippen molar-refractivity contribution in [2.45, 2.75) is 6.04 Å². The summed E-state index contributed by atoms with van der Waals surface area (Å²) in [6.07, 6.45) is 0. The Kier molecular flexibility index (Phi) is 6.41. The van der Waals surface area contributed by atoms with E-state index in [4.69, 9.17) is 10.5 Å². The number of hydrogen-bond donors (Lipinski definition) is 2. The van der Waals surface area contributed by atoms with Crippen LogP contribution in [-0.4, -0.2) is 43.7 Å². The lowest BCUT2D eigenvalue weighted by molar-refractivity contribution is 0.0186. The molecule has 1 aliphatic heterocycles. The molecule has 8 heteroatoms. The highest BCUT2D eigenvalue weighted by atomic mass is 79.9. The van der Waals surface area contributed by atoms with Crippen LogP contribution >= 0.6 is 15.9 Å². The topological polar surface area (TPSA) is 67.6 Å². The van der Waals surface area contributed by atoms with E-state index in [1.807, 2.05) is 6.07 Å². The number of nitrogens with two attached hydrogens (primary N) is 1. The van der Waals surface area contributed by atoms with Crippen molar-refractivity contribution in [2.24, 2.45) is 5.73 Å². The van der Waals surface area contributed by atoms with Gasteiger partial charge in [-0.2, -0.15) is 0 Å². The minimum absolute atomic E-state index is 0.174. The summed E-state index contributed by atoms with van der Waals surface area (Å²) in [6, 6.07) is 9.00. The Morgan fingerprint density at radius 3 is 2.67 bits per heavy atom. The summed E-state index contributed by atoms with van der Waals surface area (Å²) >= 11 is 3.23. The number of morpholine rings is 1. The molecule has 1 atom stereocenters. The number of hydrogen-bond acceptors (Lipinski definition) is 4. The highest BCUT2D eigenvalue weighted by Crippen LogP contribution is 2.28. The number of amides is 1. The fourth-order valence-corrected chi connectivity index (χ4v) is 3.66. The number of benzene rings is 2. The van der Waals surface area contributed by atoms with Crippen LogP contribution in [0, 0.1) is 11.6 Å². The van der Waals surface area contributed by atoms with E-state index >= 15 is 0 Å². The molecule has 3 N–H and O–H groups in total. The zero-order valence-corrected chi connectivity index (χ0v) is 16.1. The van der Waals surface area contributed by atoms with Gasteiger partial charge in [0.15, 0.2) is 0 Å². The number of primary amides is 1. The molecular weight excluding hydrogens is 420 g/mol. The van der Waals surface area contributed by atoms with Gasteiger partial charge < -0.3 is 15.8 Å². The first-order valence-electron chi connectivity index (χ1n) is 8.55. The molecule has 1 fully saturated rings. The van der Waals surface area contributed by atoms with E-state index in [0.717, 1.165) is 5.56 Å². The lowest BCUT2D eigenvalue weighted by Crippen LogP contribution is -2.41. The van der Waals surface area contributed by atoms with Crippen LogP contribution in [0.3, 0.4) is 0 Å². The van der Waals surface area contributed by atoms with Crippen LogP contribution in [0.1, 0.15) is 22.0 Å². The summed E-state index contributed by atoms with van der Waals surface area (Å²) < 4.78 is 33.8. The van der Waals surface area contributed by atoms with Crippen LogP contribution in [0.15, 0.2) is 40.9 Å². The highest BCUT2D eigenvalue weighted by Gasteiger charge is 2.24. The minimum Gasteiger partial charge on any atom is -0.382 e. The smallest absolute Gasteiger partial charge is 0.253 e. The second-order valence-corrected chi connectivity index (χ2v) is 7.19. The van der Waals surface area contributed by atoms with Gasteiger partial charge in [0.2, 0.25) is 0 Å². The molecule has 1 unspecified atom stereocenters. The third-order valence-electron chi connectivity index (χ3n) is 4.51. The van der Waals surface area contributed by atoms with Crippen molar-refractivity contribution in [1.29, 1.82) is 0 Å². The number of anilines is 1. The third-order valence-corrected chi connectivity index (χ3v) is 4.96. The van der Waals surface area contributed by atoms with Crippen molar-refractivity contribution >= 4 is 27.5 Å². The van der Waals surface area contributed by atoms with Gasteiger partial charge in [-0.1, -0.05) is 28.1 Å². The van der Waals surface area contributed by atoms with E-state index in [1.165, 1.54) is 18.2 Å². The molecule has 0 bridgehead atoms. The van der Waals surface area contributed by atoms with Crippen LogP contribution in [-0.2, 0) is 4.74 Å². The predicted octanol–water partition coefficient (Wildman–Crippen LogP) is 3.31. The molecule has 1 aliphatic rings. The van der Waals surface area contributed by atoms with Crippen LogP contribution < -0.4 is 11.1 Å². The Morgan fingerprint density at radius 1 is 1.26 bits per heavy atom. The number of rotatable bonds is 6. The van der Waals surface area contributed by atoms with Gasteiger partial charge in [0.25, 0.3) is 5.91 Å². The van der Waals surface area contributed by atoms with Crippen LogP contribution in [0.25, 0.3) is 0 Å². The molecular formula is C19H20BrF2N3O2. The molecule has 2 aromatic rings. The number of halogens is 3. The van der Waals surface area contributed by atoms with Gasteiger partial charge in [-0.3, -0.25) is 9.69 Å². The summed E-state index contributed by atoms with van der Waals surface area (Å²) in [5.41, 5.74) is 6.23. The largest absolute Gasteiger partial charge is 0.382 e. The van der Waals surface area contributed by atoms with Gasteiger partial charge in [-0.15, -0.1) is 0 Å². The summed E-state index contributed by atoms with van der Waals surface area (Å²) in [6.45, 7) is 2.91. The quantitative estimate of drug-likeness (QED) is 0.724. The van der Waals surface area contributed by atoms with Gasteiger partial charge in [-0.05, 0) is 29.8 Å².